The Morgan fingerprint density at radius 2 is 2.21 bits per heavy atom. The lowest BCUT2D eigenvalue weighted by Crippen LogP contribution is -1.98. The SMILES string of the molecule is Cc1cc(-c2nc3c(C(=O)O)cc(F)cc3[nH]2)on1. The Hall–Kier alpha value is -2.70. The molecule has 0 spiro atoms. The topological polar surface area (TPSA) is 92.0 Å². The highest BCUT2D eigenvalue weighted by Gasteiger charge is 2.17. The van der Waals surface area contributed by atoms with E-state index in [2.05, 4.69) is 15.1 Å². The van der Waals surface area contributed by atoms with E-state index in [0.717, 1.165) is 6.07 Å². The fraction of sp³-hybridized carbons (Fsp3) is 0.0833. The van der Waals surface area contributed by atoms with Crippen molar-refractivity contribution in [1.82, 2.24) is 15.1 Å². The van der Waals surface area contributed by atoms with Crippen molar-refractivity contribution in [1.29, 1.82) is 0 Å². The number of imidazole rings is 1. The number of carboxylic acid groups (broad SMARTS) is 1. The van der Waals surface area contributed by atoms with Gasteiger partial charge in [0.25, 0.3) is 0 Å². The van der Waals surface area contributed by atoms with Gasteiger partial charge in [-0.3, -0.25) is 0 Å². The van der Waals surface area contributed by atoms with E-state index in [1.807, 2.05) is 0 Å². The predicted octanol–water partition coefficient (Wildman–Crippen LogP) is 2.36. The second kappa shape index (κ2) is 3.91. The van der Waals surface area contributed by atoms with Gasteiger partial charge >= 0.3 is 5.97 Å². The standard InChI is InChI=1S/C12H8FN3O3/c1-5-2-9(19-16-5)11-14-8-4-6(13)3-7(12(17)18)10(8)15-11/h2-4H,1H3,(H,14,15)(H,17,18). The number of nitrogens with one attached hydrogen (secondary N) is 1. The monoisotopic (exact) mass is 261 g/mol. The van der Waals surface area contributed by atoms with E-state index in [9.17, 15) is 9.18 Å². The zero-order chi connectivity index (χ0) is 13.6. The summed E-state index contributed by atoms with van der Waals surface area (Å²) in [5.41, 5.74) is 0.938. The zero-order valence-electron chi connectivity index (χ0n) is 9.77. The van der Waals surface area contributed by atoms with Crippen molar-refractivity contribution < 1.29 is 18.8 Å². The molecule has 0 atom stereocenters. The number of rotatable bonds is 2. The summed E-state index contributed by atoms with van der Waals surface area (Å²) in [5, 5.41) is 12.7. The maximum absolute atomic E-state index is 13.3. The third-order valence-electron chi connectivity index (χ3n) is 2.64. The second-order valence-corrected chi connectivity index (χ2v) is 4.07. The van der Waals surface area contributed by atoms with Crippen molar-refractivity contribution >= 4 is 17.0 Å². The Labute approximate surface area is 105 Å². The number of nitrogens with zero attached hydrogens (tertiary/aromatic N) is 2. The lowest BCUT2D eigenvalue weighted by molar-refractivity contribution is 0.0698. The highest BCUT2D eigenvalue weighted by molar-refractivity contribution is 6.01. The van der Waals surface area contributed by atoms with Crippen LogP contribution in [0.15, 0.2) is 22.7 Å². The molecule has 0 fully saturated rings. The molecule has 7 heteroatoms. The molecule has 0 radical (unpaired) electrons. The van der Waals surface area contributed by atoms with Crippen LogP contribution >= 0.6 is 0 Å². The molecule has 0 aliphatic heterocycles. The number of aromatic nitrogens is 3. The van der Waals surface area contributed by atoms with Gasteiger partial charge in [-0.05, 0) is 19.1 Å². The molecule has 0 saturated carbocycles. The van der Waals surface area contributed by atoms with Crippen LogP contribution in [0.3, 0.4) is 0 Å². The number of halogens is 1. The molecule has 0 saturated heterocycles. The van der Waals surface area contributed by atoms with Crippen LogP contribution < -0.4 is 0 Å². The molecule has 2 aromatic heterocycles. The number of carbonyl (C=O) groups is 1. The Morgan fingerprint density at radius 3 is 2.84 bits per heavy atom. The van der Waals surface area contributed by atoms with E-state index in [1.165, 1.54) is 6.07 Å². The minimum absolute atomic E-state index is 0.179. The van der Waals surface area contributed by atoms with E-state index >= 15 is 0 Å². The number of benzene rings is 1. The van der Waals surface area contributed by atoms with Crippen molar-refractivity contribution in [3.63, 3.8) is 0 Å². The van der Waals surface area contributed by atoms with Gasteiger partial charge in [0, 0.05) is 6.07 Å². The zero-order valence-corrected chi connectivity index (χ0v) is 9.77. The first-order valence-electron chi connectivity index (χ1n) is 5.41. The quantitative estimate of drug-likeness (QED) is 0.738. The van der Waals surface area contributed by atoms with Gasteiger partial charge in [-0.2, -0.15) is 0 Å². The first-order chi connectivity index (χ1) is 9.04. The van der Waals surface area contributed by atoms with E-state index in [0.29, 0.717) is 22.8 Å². The van der Waals surface area contributed by atoms with Crippen LogP contribution in [0.4, 0.5) is 4.39 Å². The molecular formula is C12H8FN3O3. The van der Waals surface area contributed by atoms with Crippen LogP contribution in [0.25, 0.3) is 22.6 Å². The van der Waals surface area contributed by atoms with Gasteiger partial charge in [-0.15, -0.1) is 0 Å². The van der Waals surface area contributed by atoms with Gasteiger partial charge in [-0.25, -0.2) is 14.2 Å². The molecule has 96 valence electrons. The van der Waals surface area contributed by atoms with Crippen LogP contribution in [0.2, 0.25) is 0 Å². The molecule has 2 heterocycles. The lowest BCUT2D eigenvalue weighted by Gasteiger charge is -1.95. The largest absolute Gasteiger partial charge is 0.478 e. The molecule has 0 amide bonds. The summed E-state index contributed by atoms with van der Waals surface area (Å²) >= 11 is 0. The maximum atomic E-state index is 13.3. The van der Waals surface area contributed by atoms with Crippen molar-refractivity contribution in [3.05, 3.63) is 35.3 Å². The summed E-state index contributed by atoms with van der Waals surface area (Å²) in [6, 6.07) is 3.76. The number of fused-ring (bicyclic) bond motifs is 1. The summed E-state index contributed by atoms with van der Waals surface area (Å²) in [7, 11) is 0. The molecule has 0 bridgehead atoms. The Balaban J connectivity index is 2.25. The van der Waals surface area contributed by atoms with Gasteiger partial charge in [0.2, 0.25) is 5.76 Å². The van der Waals surface area contributed by atoms with E-state index in [4.69, 9.17) is 9.63 Å². The fourth-order valence-electron chi connectivity index (χ4n) is 1.84. The molecule has 0 aliphatic rings. The van der Waals surface area contributed by atoms with Gasteiger partial charge in [-0.1, -0.05) is 5.16 Å². The van der Waals surface area contributed by atoms with Crippen molar-refractivity contribution in [2.75, 3.05) is 0 Å². The van der Waals surface area contributed by atoms with E-state index < -0.39 is 11.8 Å². The minimum Gasteiger partial charge on any atom is -0.478 e. The highest BCUT2D eigenvalue weighted by Crippen LogP contribution is 2.24. The van der Waals surface area contributed by atoms with Gasteiger partial charge < -0.3 is 14.6 Å². The summed E-state index contributed by atoms with van der Waals surface area (Å²) < 4.78 is 18.4. The molecule has 19 heavy (non-hydrogen) atoms. The van der Waals surface area contributed by atoms with Crippen LogP contribution in [0, 0.1) is 12.7 Å². The summed E-state index contributed by atoms with van der Waals surface area (Å²) in [4.78, 5) is 18.0. The number of carboxylic acids is 1. The van der Waals surface area contributed by atoms with Crippen LogP contribution in [-0.2, 0) is 0 Å². The molecule has 1 aromatic carbocycles. The summed E-state index contributed by atoms with van der Waals surface area (Å²) in [6.07, 6.45) is 0. The van der Waals surface area contributed by atoms with Gasteiger partial charge in [0.1, 0.15) is 11.3 Å². The third-order valence-corrected chi connectivity index (χ3v) is 2.64. The van der Waals surface area contributed by atoms with Gasteiger partial charge in [0.05, 0.1) is 16.8 Å². The Kier molecular flexibility index (Phi) is 2.34. The average Bonchev–Trinajstić information content (AvgIpc) is 2.93. The Bertz CT molecular complexity index is 791. The molecule has 3 rings (SSSR count). The summed E-state index contributed by atoms with van der Waals surface area (Å²) in [5.74, 6) is -1.21. The average molecular weight is 261 g/mol. The highest BCUT2D eigenvalue weighted by atomic mass is 19.1. The third kappa shape index (κ3) is 1.85. The maximum Gasteiger partial charge on any atom is 0.338 e. The first-order valence-corrected chi connectivity index (χ1v) is 5.41. The number of hydrogen-bond donors (Lipinski definition) is 2. The smallest absolute Gasteiger partial charge is 0.338 e. The summed E-state index contributed by atoms with van der Waals surface area (Å²) in [6.45, 7) is 1.75. The van der Waals surface area contributed by atoms with Crippen molar-refractivity contribution in [2.24, 2.45) is 0 Å². The molecule has 0 aliphatic carbocycles. The number of aromatic amines is 1. The number of aryl methyl sites for hydroxylation is 1. The molecular weight excluding hydrogens is 253 g/mol. The minimum atomic E-state index is -1.24. The van der Waals surface area contributed by atoms with E-state index in [1.54, 1.807) is 13.0 Å². The normalized spacial score (nSPS) is 11.1. The van der Waals surface area contributed by atoms with E-state index in [-0.39, 0.29) is 11.1 Å². The van der Waals surface area contributed by atoms with Crippen molar-refractivity contribution in [3.8, 4) is 11.6 Å². The number of hydrogen-bond acceptors (Lipinski definition) is 4. The number of aromatic carboxylic acids is 1. The van der Waals surface area contributed by atoms with Crippen molar-refractivity contribution in [2.45, 2.75) is 6.92 Å². The molecule has 2 N–H and O–H groups in total. The second-order valence-electron chi connectivity index (χ2n) is 4.07. The van der Waals surface area contributed by atoms with Crippen LogP contribution in [0.1, 0.15) is 16.1 Å². The van der Waals surface area contributed by atoms with Crippen LogP contribution in [0.5, 0.6) is 0 Å². The Morgan fingerprint density at radius 1 is 1.42 bits per heavy atom. The molecule has 3 aromatic rings. The lowest BCUT2D eigenvalue weighted by atomic mass is 10.2. The molecule has 6 nitrogen and oxygen atoms in total. The molecule has 0 unspecified atom stereocenters. The fourth-order valence-corrected chi connectivity index (χ4v) is 1.84. The number of H-pyrrole nitrogens is 1. The van der Waals surface area contributed by atoms with Gasteiger partial charge in [0.15, 0.2) is 5.82 Å². The first kappa shape index (κ1) is 11.4. The predicted molar refractivity (Wildman–Crippen MR) is 63.2 cm³/mol. The van der Waals surface area contributed by atoms with Crippen LogP contribution in [-0.4, -0.2) is 26.2 Å².